The smallest absolute Gasteiger partial charge is 0.324 e. The van der Waals surface area contributed by atoms with Crippen LogP contribution in [0.25, 0.3) is 0 Å². The van der Waals surface area contributed by atoms with Gasteiger partial charge in [0, 0.05) is 16.7 Å². The summed E-state index contributed by atoms with van der Waals surface area (Å²) in [6.45, 7) is 9.40. The monoisotopic (exact) mass is 504 g/mol. The molecule has 1 aromatic carbocycles. The number of rotatable bonds is 10. The van der Waals surface area contributed by atoms with Crippen molar-refractivity contribution < 1.29 is 23.3 Å². The van der Waals surface area contributed by atoms with Crippen LogP contribution >= 0.6 is 22.6 Å². The van der Waals surface area contributed by atoms with Gasteiger partial charge in [0.2, 0.25) is 0 Å². The molecule has 27 heavy (non-hydrogen) atoms. The quantitative estimate of drug-likeness (QED) is 0.268. The number of esters is 2. The van der Waals surface area contributed by atoms with Crippen LogP contribution in [-0.4, -0.2) is 29.4 Å². The molecule has 0 heterocycles. The zero-order valence-corrected chi connectivity index (χ0v) is 18.8. The normalized spacial score (nSPS) is 12.6. The van der Waals surface area contributed by atoms with Crippen LogP contribution in [-0.2, 0) is 29.9 Å². The van der Waals surface area contributed by atoms with Crippen LogP contribution < -0.4 is 0 Å². The minimum atomic E-state index is -1.53. The van der Waals surface area contributed by atoms with E-state index in [0.717, 1.165) is 5.56 Å². The average Bonchev–Trinajstić information content (AvgIpc) is 2.61. The van der Waals surface area contributed by atoms with Crippen molar-refractivity contribution in [3.8, 4) is 0 Å². The minimum Gasteiger partial charge on any atom is -0.465 e. The molecule has 0 saturated carbocycles. The topological polar surface area (TPSA) is 69.7 Å². The lowest BCUT2D eigenvalue weighted by molar-refractivity contribution is -0.171. The van der Waals surface area contributed by atoms with E-state index in [-0.39, 0.29) is 26.1 Å². The second-order valence-corrected chi connectivity index (χ2v) is 8.77. The predicted molar refractivity (Wildman–Crippen MR) is 115 cm³/mol. The molecule has 0 aliphatic carbocycles. The van der Waals surface area contributed by atoms with Gasteiger partial charge in [-0.25, -0.2) is 4.21 Å². The fraction of sp³-hybridized carbons (Fsp3) is 0.400. The molecule has 0 fully saturated rings. The molecule has 0 N–H and O–H groups in total. The number of halogens is 1. The predicted octanol–water partition coefficient (Wildman–Crippen LogP) is 4.46. The van der Waals surface area contributed by atoms with Crippen molar-refractivity contribution in [3.05, 3.63) is 51.5 Å². The zero-order chi connectivity index (χ0) is 20.4. The molecule has 5 nitrogen and oxygen atoms in total. The molecule has 0 aliphatic rings. The average molecular weight is 504 g/mol. The van der Waals surface area contributed by atoms with Crippen molar-refractivity contribution >= 4 is 45.3 Å². The highest BCUT2D eigenvalue weighted by molar-refractivity contribution is 14.1. The van der Waals surface area contributed by atoms with Gasteiger partial charge < -0.3 is 9.47 Å². The molecule has 0 bridgehead atoms. The van der Waals surface area contributed by atoms with Crippen LogP contribution in [0.4, 0.5) is 0 Å². The summed E-state index contributed by atoms with van der Waals surface area (Å²) in [5.41, 5.74) is -0.456. The van der Waals surface area contributed by atoms with Crippen LogP contribution in [0.5, 0.6) is 0 Å². The van der Waals surface area contributed by atoms with Gasteiger partial charge in [-0.15, -0.1) is 0 Å². The summed E-state index contributed by atoms with van der Waals surface area (Å²) in [4.78, 5) is 25.9. The van der Waals surface area contributed by atoms with E-state index >= 15 is 0 Å². The first-order valence-corrected chi connectivity index (χ1v) is 10.9. The molecule has 0 aliphatic heterocycles. The Labute approximate surface area is 176 Å². The van der Waals surface area contributed by atoms with Crippen LogP contribution in [0.1, 0.15) is 32.3 Å². The Morgan fingerprint density at radius 1 is 1.15 bits per heavy atom. The summed E-state index contributed by atoms with van der Waals surface area (Å²) in [6.07, 6.45) is 1.68. The number of carbonyl (C=O) groups is 2. The standard InChI is InChI=1S/C20H25IO5S/c1-5-25-18(22)20(14-16(4)21,19(23)26-6-2)12-7-13-27(24)17-10-8-15(3)9-11-17/h7-11,13H,4-6,12,14H2,1-3H3/b13-7+. The largest absolute Gasteiger partial charge is 0.465 e. The molecule has 0 aromatic heterocycles. The maximum absolute atomic E-state index is 12.6. The third kappa shape index (κ3) is 6.88. The summed E-state index contributed by atoms with van der Waals surface area (Å²) >= 11 is 1.97. The summed E-state index contributed by atoms with van der Waals surface area (Å²) in [5.74, 6) is -1.32. The van der Waals surface area contributed by atoms with Crippen LogP contribution in [0.3, 0.4) is 0 Å². The number of hydrogen-bond donors (Lipinski definition) is 0. The second kappa shape index (κ2) is 11.4. The van der Waals surface area contributed by atoms with Crippen molar-refractivity contribution in [1.29, 1.82) is 0 Å². The minimum absolute atomic E-state index is 0.0181. The fourth-order valence-corrected chi connectivity index (χ4v) is 3.90. The molecule has 1 aromatic rings. The Hall–Kier alpha value is -1.48. The SMILES string of the molecule is C=C(I)CC(C/C=C/S(=O)c1ccc(C)cc1)(C(=O)OCC)C(=O)OCC. The number of carbonyl (C=O) groups excluding carboxylic acids is 2. The Morgan fingerprint density at radius 3 is 2.11 bits per heavy atom. The maximum Gasteiger partial charge on any atom is 0.324 e. The molecule has 0 radical (unpaired) electrons. The van der Waals surface area contributed by atoms with Gasteiger partial charge in [0.05, 0.1) is 24.0 Å². The second-order valence-electron chi connectivity index (χ2n) is 5.90. The highest BCUT2D eigenvalue weighted by atomic mass is 127. The summed E-state index contributed by atoms with van der Waals surface area (Å²) in [6, 6.07) is 7.32. The number of allylic oxidation sites excluding steroid dienone is 2. The summed E-state index contributed by atoms with van der Waals surface area (Å²) < 4.78 is 23.3. The van der Waals surface area contributed by atoms with Crippen molar-refractivity contribution in [2.45, 2.75) is 38.5 Å². The lowest BCUT2D eigenvalue weighted by Crippen LogP contribution is -2.42. The van der Waals surface area contributed by atoms with E-state index in [1.54, 1.807) is 32.1 Å². The van der Waals surface area contributed by atoms with Crippen molar-refractivity contribution in [2.24, 2.45) is 5.41 Å². The lowest BCUT2D eigenvalue weighted by atomic mass is 9.81. The van der Waals surface area contributed by atoms with E-state index in [4.69, 9.17) is 9.47 Å². The van der Waals surface area contributed by atoms with E-state index < -0.39 is 28.2 Å². The molecule has 148 valence electrons. The van der Waals surface area contributed by atoms with Gasteiger partial charge in [-0.2, -0.15) is 0 Å². The Morgan fingerprint density at radius 2 is 1.67 bits per heavy atom. The molecular formula is C20H25IO5S. The lowest BCUT2D eigenvalue weighted by Gasteiger charge is -2.27. The van der Waals surface area contributed by atoms with E-state index in [9.17, 15) is 13.8 Å². The number of aryl methyl sites for hydroxylation is 1. The van der Waals surface area contributed by atoms with Gasteiger partial charge in [-0.1, -0.05) is 30.4 Å². The summed E-state index contributed by atoms with van der Waals surface area (Å²) in [5, 5.41) is 1.48. The van der Waals surface area contributed by atoms with Gasteiger partial charge in [0.1, 0.15) is 0 Å². The molecule has 0 spiro atoms. The number of ether oxygens (including phenoxy) is 2. The number of benzene rings is 1. The first-order chi connectivity index (χ1) is 12.8. The van der Waals surface area contributed by atoms with Gasteiger partial charge in [0.15, 0.2) is 5.41 Å². The van der Waals surface area contributed by atoms with E-state index in [1.807, 2.05) is 41.6 Å². The molecule has 1 rings (SSSR count). The Kier molecular flexibility index (Phi) is 9.93. The zero-order valence-electron chi connectivity index (χ0n) is 15.8. The molecule has 0 saturated heterocycles. The van der Waals surface area contributed by atoms with Crippen molar-refractivity contribution in [1.82, 2.24) is 0 Å². The highest BCUT2D eigenvalue weighted by Crippen LogP contribution is 2.36. The van der Waals surface area contributed by atoms with E-state index in [0.29, 0.717) is 8.48 Å². The number of hydrogen-bond acceptors (Lipinski definition) is 5. The first-order valence-electron chi connectivity index (χ1n) is 8.58. The highest BCUT2D eigenvalue weighted by Gasteiger charge is 2.48. The van der Waals surface area contributed by atoms with E-state index in [2.05, 4.69) is 6.58 Å². The Balaban J connectivity index is 3.11. The molecule has 1 unspecified atom stereocenters. The van der Waals surface area contributed by atoms with Crippen molar-refractivity contribution in [2.75, 3.05) is 13.2 Å². The van der Waals surface area contributed by atoms with Gasteiger partial charge in [-0.05, 0) is 65.5 Å². The van der Waals surface area contributed by atoms with Gasteiger partial charge in [-0.3, -0.25) is 9.59 Å². The Bertz CT molecular complexity index is 706. The molecule has 7 heteroatoms. The van der Waals surface area contributed by atoms with Crippen molar-refractivity contribution in [3.63, 3.8) is 0 Å². The van der Waals surface area contributed by atoms with Crippen LogP contribution in [0.15, 0.2) is 50.8 Å². The van der Waals surface area contributed by atoms with Gasteiger partial charge in [0.25, 0.3) is 0 Å². The van der Waals surface area contributed by atoms with Crippen LogP contribution in [0, 0.1) is 12.3 Å². The first kappa shape index (κ1) is 23.6. The maximum atomic E-state index is 12.6. The third-order valence-electron chi connectivity index (χ3n) is 3.77. The van der Waals surface area contributed by atoms with E-state index in [1.165, 1.54) is 5.41 Å². The fourth-order valence-electron chi connectivity index (χ4n) is 2.42. The molecule has 0 amide bonds. The molecular weight excluding hydrogens is 479 g/mol. The van der Waals surface area contributed by atoms with Crippen LogP contribution in [0.2, 0.25) is 0 Å². The van der Waals surface area contributed by atoms with Gasteiger partial charge >= 0.3 is 11.9 Å². The third-order valence-corrected chi connectivity index (χ3v) is 5.32. The molecule has 1 atom stereocenters. The summed E-state index contributed by atoms with van der Waals surface area (Å²) in [7, 11) is -1.38.